The van der Waals surface area contributed by atoms with Crippen molar-refractivity contribution in [3.05, 3.63) is 35.5 Å². The van der Waals surface area contributed by atoms with Gasteiger partial charge in [-0.3, -0.25) is 4.79 Å². The van der Waals surface area contributed by atoms with Crippen LogP contribution in [0.4, 0.5) is 8.78 Å². The second kappa shape index (κ2) is 3.97. The molecule has 0 bridgehead atoms. The maximum absolute atomic E-state index is 13.7. The monoisotopic (exact) mass is 237 g/mol. The maximum atomic E-state index is 13.7. The van der Waals surface area contributed by atoms with E-state index in [1.54, 1.807) is 0 Å². The minimum atomic E-state index is -0.834. The second-order valence-corrected chi connectivity index (χ2v) is 3.25. The van der Waals surface area contributed by atoms with Gasteiger partial charge >= 0.3 is 0 Å². The summed E-state index contributed by atoms with van der Waals surface area (Å²) >= 11 is 0. The van der Waals surface area contributed by atoms with Gasteiger partial charge in [0, 0.05) is 6.07 Å². The number of nitrogens with zero attached hydrogens (tertiary/aromatic N) is 1. The average molecular weight is 237 g/mol. The molecule has 6 heteroatoms. The molecule has 1 aromatic carbocycles. The number of carbonyl (C=O) groups is 1. The van der Waals surface area contributed by atoms with Crippen LogP contribution in [-0.4, -0.2) is 18.0 Å². The number of amides is 1. The van der Waals surface area contributed by atoms with Crippen LogP contribution in [0.2, 0.25) is 0 Å². The van der Waals surface area contributed by atoms with Gasteiger partial charge in [0.05, 0.1) is 12.5 Å². The van der Waals surface area contributed by atoms with E-state index in [-0.39, 0.29) is 22.3 Å². The van der Waals surface area contributed by atoms with Crippen molar-refractivity contribution in [1.29, 1.82) is 0 Å². The average Bonchev–Trinajstić information content (AvgIpc) is 2.33. The van der Waals surface area contributed by atoms with Gasteiger partial charge in [0.2, 0.25) is 0 Å². The standard InChI is InChI=1S/C11H7F2N2O2/c1-17-8-4-6(12)10-5(9(8)13)2-3-7(15-10)11(14)16/h3-4H,1H3,(H2,14,16). The Morgan fingerprint density at radius 3 is 2.82 bits per heavy atom. The van der Waals surface area contributed by atoms with E-state index < -0.39 is 17.5 Å². The number of aromatic nitrogens is 1. The normalized spacial score (nSPS) is 10.5. The summed E-state index contributed by atoms with van der Waals surface area (Å²) in [6.45, 7) is 0. The van der Waals surface area contributed by atoms with Gasteiger partial charge in [-0.05, 0) is 12.1 Å². The number of hydrogen-bond acceptors (Lipinski definition) is 3. The highest BCUT2D eigenvalue weighted by Crippen LogP contribution is 2.27. The molecule has 0 aliphatic rings. The lowest BCUT2D eigenvalue weighted by molar-refractivity contribution is 0.0996. The molecule has 2 N–H and O–H groups in total. The molecule has 0 atom stereocenters. The first kappa shape index (κ1) is 11.3. The first-order valence-corrected chi connectivity index (χ1v) is 4.59. The third-order valence-corrected chi connectivity index (χ3v) is 2.21. The van der Waals surface area contributed by atoms with Gasteiger partial charge in [-0.25, -0.2) is 13.8 Å². The number of pyridine rings is 1. The fourth-order valence-electron chi connectivity index (χ4n) is 1.40. The number of rotatable bonds is 2. The van der Waals surface area contributed by atoms with E-state index in [1.165, 1.54) is 7.11 Å². The molecule has 2 aromatic rings. The Morgan fingerprint density at radius 1 is 1.53 bits per heavy atom. The zero-order chi connectivity index (χ0) is 12.6. The number of carbonyl (C=O) groups excluding carboxylic acids is 1. The fraction of sp³-hybridized carbons (Fsp3) is 0.0909. The summed E-state index contributed by atoms with van der Waals surface area (Å²) in [5.74, 6) is -2.68. The van der Waals surface area contributed by atoms with Crippen molar-refractivity contribution in [1.82, 2.24) is 4.98 Å². The van der Waals surface area contributed by atoms with Gasteiger partial charge in [-0.2, -0.15) is 0 Å². The Bertz CT molecular complexity index is 614. The van der Waals surface area contributed by atoms with Crippen LogP contribution in [0.5, 0.6) is 5.75 Å². The molecule has 1 radical (unpaired) electrons. The molecule has 2 rings (SSSR count). The molecule has 0 fully saturated rings. The van der Waals surface area contributed by atoms with Crippen molar-refractivity contribution in [3.8, 4) is 5.75 Å². The lowest BCUT2D eigenvalue weighted by Gasteiger charge is -2.06. The number of benzene rings is 1. The number of primary amides is 1. The molecule has 0 unspecified atom stereocenters. The van der Waals surface area contributed by atoms with Crippen LogP contribution in [0.25, 0.3) is 10.9 Å². The first-order valence-electron chi connectivity index (χ1n) is 4.59. The van der Waals surface area contributed by atoms with Crippen molar-refractivity contribution in [2.45, 2.75) is 0 Å². The van der Waals surface area contributed by atoms with Gasteiger partial charge in [0.15, 0.2) is 17.4 Å². The van der Waals surface area contributed by atoms with Crippen molar-refractivity contribution in [2.24, 2.45) is 5.73 Å². The van der Waals surface area contributed by atoms with Crippen LogP contribution in [0, 0.1) is 17.7 Å². The molecule has 0 aliphatic carbocycles. The predicted octanol–water partition coefficient (Wildman–Crippen LogP) is 1.42. The fourth-order valence-corrected chi connectivity index (χ4v) is 1.40. The zero-order valence-corrected chi connectivity index (χ0v) is 8.75. The quantitative estimate of drug-likeness (QED) is 0.859. The van der Waals surface area contributed by atoms with Crippen molar-refractivity contribution in [2.75, 3.05) is 7.11 Å². The molecule has 17 heavy (non-hydrogen) atoms. The molecule has 0 saturated heterocycles. The Labute approximate surface area is 95.0 Å². The van der Waals surface area contributed by atoms with E-state index >= 15 is 0 Å². The minimum Gasteiger partial charge on any atom is -0.494 e. The van der Waals surface area contributed by atoms with Crippen molar-refractivity contribution >= 4 is 16.8 Å². The van der Waals surface area contributed by atoms with E-state index in [1.807, 2.05) is 0 Å². The molecular weight excluding hydrogens is 230 g/mol. The third kappa shape index (κ3) is 1.77. The van der Waals surface area contributed by atoms with Crippen LogP contribution < -0.4 is 10.5 Å². The predicted molar refractivity (Wildman–Crippen MR) is 55.6 cm³/mol. The summed E-state index contributed by atoms with van der Waals surface area (Å²) in [6.07, 6.45) is 0. The Hall–Kier alpha value is -2.24. The number of nitrogens with two attached hydrogens (primary N) is 1. The van der Waals surface area contributed by atoms with E-state index in [2.05, 4.69) is 15.8 Å². The van der Waals surface area contributed by atoms with Crippen LogP contribution in [-0.2, 0) is 0 Å². The van der Waals surface area contributed by atoms with Gasteiger partial charge in [-0.15, -0.1) is 0 Å². The molecule has 0 saturated carbocycles. The molecule has 0 spiro atoms. The summed E-state index contributed by atoms with van der Waals surface area (Å²) in [5.41, 5.74) is 4.50. The summed E-state index contributed by atoms with van der Waals surface area (Å²) in [7, 11) is 1.22. The molecule has 0 aliphatic heterocycles. The molecule has 1 heterocycles. The van der Waals surface area contributed by atoms with E-state index in [0.717, 1.165) is 12.1 Å². The van der Waals surface area contributed by atoms with Crippen molar-refractivity contribution < 1.29 is 18.3 Å². The van der Waals surface area contributed by atoms with Crippen LogP contribution >= 0.6 is 0 Å². The van der Waals surface area contributed by atoms with Gasteiger partial charge < -0.3 is 10.5 Å². The Morgan fingerprint density at radius 2 is 2.24 bits per heavy atom. The Kier molecular flexibility index (Phi) is 2.63. The smallest absolute Gasteiger partial charge is 0.267 e. The van der Waals surface area contributed by atoms with E-state index in [4.69, 9.17) is 5.73 Å². The number of ether oxygens (including phenoxy) is 1. The Balaban J connectivity index is 2.80. The summed E-state index contributed by atoms with van der Waals surface area (Å²) in [6, 6.07) is 4.38. The number of halogens is 2. The highest BCUT2D eigenvalue weighted by molar-refractivity contribution is 5.93. The minimum absolute atomic E-state index is 0.180. The summed E-state index contributed by atoms with van der Waals surface area (Å²) in [5, 5.41) is -0.188. The zero-order valence-electron chi connectivity index (χ0n) is 8.75. The van der Waals surface area contributed by atoms with E-state index in [0.29, 0.717) is 0 Å². The van der Waals surface area contributed by atoms with Crippen LogP contribution in [0.15, 0.2) is 12.1 Å². The van der Waals surface area contributed by atoms with Gasteiger partial charge in [-0.1, -0.05) is 0 Å². The van der Waals surface area contributed by atoms with Gasteiger partial charge in [0.1, 0.15) is 11.2 Å². The summed E-state index contributed by atoms with van der Waals surface area (Å²) < 4.78 is 31.9. The highest BCUT2D eigenvalue weighted by Gasteiger charge is 2.15. The largest absolute Gasteiger partial charge is 0.494 e. The molecule has 4 nitrogen and oxygen atoms in total. The number of fused-ring (bicyclic) bond motifs is 1. The lowest BCUT2D eigenvalue weighted by atomic mass is 10.1. The molecular formula is C11H7F2N2O2. The topological polar surface area (TPSA) is 65.2 Å². The van der Waals surface area contributed by atoms with Crippen molar-refractivity contribution in [3.63, 3.8) is 0 Å². The first-order chi connectivity index (χ1) is 8.04. The second-order valence-electron chi connectivity index (χ2n) is 3.25. The van der Waals surface area contributed by atoms with Crippen LogP contribution in [0.1, 0.15) is 10.5 Å². The lowest BCUT2D eigenvalue weighted by Crippen LogP contribution is -2.13. The van der Waals surface area contributed by atoms with Gasteiger partial charge in [0.25, 0.3) is 5.91 Å². The number of hydrogen-bond donors (Lipinski definition) is 1. The summed E-state index contributed by atoms with van der Waals surface area (Å²) in [4.78, 5) is 14.5. The highest BCUT2D eigenvalue weighted by atomic mass is 19.1. The maximum Gasteiger partial charge on any atom is 0.267 e. The van der Waals surface area contributed by atoms with Crippen LogP contribution in [0.3, 0.4) is 0 Å². The third-order valence-electron chi connectivity index (χ3n) is 2.21. The molecule has 87 valence electrons. The van der Waals surface area contributed by atoms with E-state index in [9.17, 15) is 13.6 Å². The molecule has 1 aromatic heterocycles. The SMILES string of the molecule is COc1cc(F)c2nc(C(N)=O)c[c]c2c1F. The number of methoxy groups -OCH3 is 1. The molecule has 1 amide bonds.